The number of piperidine rings is 1. The first-order chi connectivity index (χ1) is 11.2. The number of amides is 1. The second kappa shape index (κ2) is 6.68. The maximum Gasteiger partial charge on any atom is 0.407 e. The van der Waals surface area contributed by atoms with Gasteiger partial charge in [-0.05, 0) is 38.0 Å². The minimum Gasteiger partial charge on any atom is -0.494 e. The Morgan fingerprint density at radius 3 is 2.91 bits per heavy atom. The molecule has 1 aromatic heterocycles. The molecule has 0 saturated carbocycles. The van der Waals surface area contributed by atoms with Crippen LogP contribution in [-0.4, -0.2) is 51.8 Å². The maximum absolute atomic E-state index is 10.9. The second-order valence-corrected chi connectivity index (χ2v) is 5.54. The smallest absolute Gasteiger partial charge is 0.407 e. The molecule has 0 radical (unpaired) electrons. The topological polar surface area (TPSA) is 87.6 Å². The van der Waals surface area contributed by atoms with Gasteiger partial charge in [-0.15, -0.1) is 0 Å². The summed E-state index contributed by atoms with van der Waals surface area (Å²) in [6, 6.07) is 5.94. The molecule has 7 nitrogen and oxygen atoms in total. The summed E-state index contributed by atoms with van der Waals surface area (Å²) < 4.78 is 5.47. The minimum absolute atomic E-state index is 0.200. The molecule has 1 fully saturated rings. The van der Waals surface area contributed by atoms with E-state index in [1.54, 1.807) is 6.20 Å². The van der Waals surface area contributed by atoms with Crippen molar-refractivity contribution in [1.82, 2.24) is 14.9 Å². The monoisotopic (exact) mass is 316 g/mol. The summed E-state index contributed by atoms with van der Waals surface area (Å²) in [6.07, 6.45) is 2.45. The molecule has 0 bridgehead atoms. The van der Waals surface area contributed by atoms with E-state index in [0.29, 0.717) is 25.6 Å². The third-order valence-corrected chi connectivity index (χ3v) is 3.96. The second-order valence-electron chi connectivity index (χ2n) is 5.54. The minimum atomic E-state index is -0.851. The van der Waals surface area contributed by atoms with Gasteiger partial charge in [-0.2, -0.15) is 0 Å². The van der Waals surface area contributed by atoms with Gasteiger partial charge in [-0.25, -0.2) is 14.8 Å². The molecule has 0 aliphatic carbocycles. The van der Waals surface area contributed by atoms with Crippen molar-refractivity contribution >= 4 is 22.9 Å². The lowest BCUT2D eigenvalue weighted by Crippen LogP contribution is -2.41. The number of nitrogens with zero attached hydrogens (tertiary/aromatic N) is 3. The van der Waals surface area contributed by atoms with E-state index in [1.807, 2.05) is 25.1 Å². The molecular weight excluding hydrogens is 296 g/mol. The normalized spacial score (nSPS) is 15.6. The number of nitrogens with one attached hydrogen (secondary N) is 1. The molecule has 7 heteroatoms. The number of fused-ring (bicyclic) bond motifs is 1. The molecule has 1 aliphatic heterocycles. The van der Waals surface area contributed by atoms with Crippen LogP contribution in [0, 0.1) is 0 Å². The molecule has 1 saturated heterocycles. The van der Waals surface area contributed by atoms with Gasteiger partial charge in [0.15, 0.2) is 0 Å². The number of benzene rings is 1. The number of carbonyl (C=O) groups is 1. The van der Waals surface area contributed by atoms with Crippen LogP contribution in [0.2, 0.25) is 0 Å². The fourth-order valence-corrected chi connectivity index (χ4v) is 2.74. The molecule has 122 valence electrons. The zero-order chi connectivity index (χ0) is 16.2. The highest BCUT2D eigenvalue weighted by atomic mass is 16.5. The van der Waals surface area contributed by atoms with Crippen LogP contribution in [0.4, 0.5) is 10.7 Å². The van der Waals surface area contributed by atoms with Gasteiger partial charge in [0.05, 0.1) is 12.1 Å². The largest absolute Gasteiger partial charge is 0.494 e. The fourth-order valence-electron chi connectivity index (χ4n) is 2.74. The zero-order valence-corrected chi connectivity index (χ0v) is 13.0. The van der Waals surface area contributed by atoms with Crippen molar-refractivity contribution in [2.45, 2.75) is 25.8 Å². The van der Waals surface area contributed by atoms with Crippen molar-refractivity contribution < 1.29 is 14.6 Å². The van der Waals surface area contributed by atoms with E-state index in [2.05, 4.69) is 15.3 Å². The van der Waals surface area contributed by atoms with Gasteiger partial charge < -0.3 is 20.1 Å². The number of likely N-dealkylation sites (tertiary alicyclic amines) is 1. The lowest BCUT2D eigenvalue weighted by atomic mass is 10.1. The van der Waals surface area contributed by atoms with Gasteiger partial charge in [-0.3, -0.25) is 0 Å². The van der Waals surface area contributed by atoms with Crippen LogP contribution >= 0.6 is 0 Å². The van der Waals surface area contributed by atoms with Gasteiger partial charge in [0.2, 0.25) is 5.95 Å². The number of ether oxygens (including phenoxy) is 1. The Kier molecular flexibility index (Phi) is 4.45. The van der Waals surface area contributed by atoms with E-state index >= 15 is 0 Å². The van der Waals surface area contributed by atoms with Gasteiger partial charge in [0.25, 0.3) is 0 Å². The van der Waals surface area contributed by atoms with Gasteiger partial charge in [0, 0.05) is 30.7 Å². The van der Waals surface area contributed by atoms with Crippen LogP contribution in [0.15, 0.2) is 24.4 Å². The third kappa shape index (κ3) is 3.61. The molecule has 0 spiro atoms. The summed E-state index contributed by atoms with van der Waals surface area (Å²) in [5.74, 6) is 1.39. The van der Waals surface area contributed by atoms with E-state index in [4.69, 9.17) is 9.84 Å². The molecule has 0 unspecified atom stereocenters. The zero-order valence-electron chi connectivity index (χ0n) is 13.0. The van der Waals surface area contributed by atoms with Crippen LogP contribution in [0.25, 0.3) is 10.9 Å². The number of carboxylic acid groups (broad SMARTS) is 1. The molecule has 2 heterocycles. The first-order valence-electron chi connectivity index (χ1n) is 7.79. The van der Waals surface area contributed by atoms with E-state index in [-0.39, 0.29) is 6.04 Å². The van der Waals surface area contributed by atoms with Crippen LogP contribution in [0.5, 0.6) is 5.75 Å². The number of hydrogen-bond acceptors (Lipinski definition) is 5. The third-order valence-electron chi connectivity index (χ3n) is 3.96. The Labute approximate surface area is 134 Å². The highest BCUT2D eigenvalue weighted by Gasteiger charge is 2.22. The standard InChI is InChI=1S/C16H20N4O3/c1-2-23-13-3-4-14-11(9-13)10-17-15(19-14)18-12-5-7-20(8-6-12)16(21)22/h3-4,9-10,12H,2,5-8H2,1H3,(H,21,22)(H,17,18,19). The molecule has 1 amide bonds. The van der Waals surface area contributed by atoms with Gasteiger partial charge >= 0.3 is 6.09 Å². The van der Waals surface area contributed by atoms with Crippen molar-refractivity contribution in [1.29, 1.82) is 0 Å². The highest BCUT2D eigenvalue weighted by molar-refractivity contribution is 5.80. The Morgan fingerprint density at radius 2 is 2.22 bits per heavy atom. The Bertz CT molecular complexity index is 699. The van der Waals surface area contributed by atoms with Crippen molar-refractivity contribution in [3.05, 3.63) is 24.4 Å². The molecule has 2 N–H and O–H groups in total. The number of aromatic nitrogens is 2. The Morgan fingerprint density at radius 1 is 1.43 bits per heavy atom. The quantitative estimate of drug-likeness (QED) is 0.901. The number of rotatable bonds is 4. The fraction of sp³-hybridized carbons (Fsp3) is 0.438. The molecule has 3 rings (SSSR count). The van der Waals surface area contributed by atoms with Crippen molar-refractivity contribution in [3.8, 4) is 5.75 Å². The lowest BCUT2D eigenvalue weighted by molar-refractivity contribution is 0.133. The summed E-state index contributed by atoms with van der Waals surface area (Å²) in [6.45, 7) is 3.65. The van der Waals surface area contributed by atoms with Crippen LogP contribution in [0.3, 0.4) is 0 Å². The van der Waals surface area contributed by atoms with Gasteiger partial charge in [-0.1, -0.05) is 0 Å². The summed E-state index contributed by atoms with van der Waals surface area (Å²) in [5.41, 5.74) is 0.855. The first kappa shape index (κ1) is 15.3. The maximum atomic E-state index is 10.9. The molecule has 0 atom stereocenters. The lowest BCUT2D eigenvalue weighted by Gasteiger charge is -2.30. The Hall–Kier alpha value is -2.57. The van der Waals surface area contributed by atoms with Crippen molar-refractivity contribution in [2.24, 2.45) is 0 Å². The highest BCUT2D eigenvalue weighted by Crippen LogP contribution is 2.21. The van der Waals surface area contributed by atoms with E-state index in [9.17, 15) is 4.79 Å². The average molecular weight is 316 g/mol. The predicted molar refractivity (Wildman–Crippen MR) is 86.9 cm³/mol. The van der Waals surface area contributed by atoms with E-state index < -0.39 is 6.09 Å². The molecule has 2 aromatic rings. The summed E-state index contributed by atoms with van der Waals surface area (Å²) in [5, 5.41) is 13.2. The SMILES string of the molecule is CCOc1ccc2nc(NC3CCN(C(=O)O)CC3)ncc2c1. The summed E-state index contributed by atoms with van der Waals surface area (Å²) >= 11 is 0. The number of anilines is 1. The molecule has 1 aromatic carbocycles. The first-order valence-corrected chi connectivity index (χ1v) is 7.79. The predicted octanol–water partition coefficient (Wildman–Crippen LogP) is 2.58. The van der Waals surface area contributed by atoms with E-state index in [0.717, 1.165) is 29.5 Å². The van der Waals surface area contributed by atoms with Crippen molar-refractivity contribution in [3.63, 3.8) is 0 Å². The molecule has 1 aliphatic rings. The van der Waals surface area contributed by atoms with Crippen LogP contribution in [-0.2, 0) is 0 Å². The summed E-state index contributed by atoms with van der Waals surface area (Å²) in [4.78, 5) is 21.2. The molecular formula is C16H20N4O3. The van der Waals surface area contributed by atoms with Crippen molar-refractivity contribution in [2.75, 3.05) is 25.0 Å². The average Bonchev–Trinajstić information content (AvgIpc) is 2.56. The van der Waals surface area contributed by atoms with Crippen LogP contribution < -0.4 is 10.1 Å². The Balaban J connectivity index is 1.67. The van der Waals surface area contributed by atoms with Gasteiger partial charge in [0.1, 0.15) is 5.75 Å². The van der Waals surface area contributed by atoms with Crippen LogP contribution in [0.1, 0.15) is 19.8 Å². The van der Waals surface area contributed by atoms with E-state index in [1.165, 1.54) is 4.90 Å². The molecule has 23 heavy (non-hydrogen) atoms. The summed E-state index contributed by atoms with van der Waals surface area (Å²) in [7, 11) is 0. The number of hydrogen-bond donors (Lipinski definition) is 2.